The normalized spacial score (nSPS) is 15.2. The minimum atomic E-state index is -1.16. The first-order valence-electron chi connectivity index (χ1n) is 9.76. The van der Waals surface area contributed by atoms with Gasteiger partial charge in [0.15, 0.2) is 0 Å². The molecule has 0 spiro atoms. The topological polar surface area (TPSA) is 115 Å². The van der Waals surface area contributed by atoms with Crippen LogP contribution < -0.4 is 5.32 Å². The number of phenolic OH excluding ortho intramolecular Hbond substituents is 1. The number of phenols is 1. The molecule has 1 saturated heterocycles. The van der Waals surface area contributed by atoms with Gasteiger partial charge in [0.05, 0.1) is 7.11 Å². The number of rotatable bonds is 7. The molecule has 1 aliphatic heterocycles. The maximum atomic E-state index is 12.8. The summed E-state index contributed by atoms with van der Waals surface area (Å²) in [5.41, 5.74) is -0.0534. The maximum Gasteiger partial charge on any atom is 0.331 e. The van der Waals surface area contributed by atoms with Gasteiger partial charge in [0.25, 0.3) is 5.91 Å². The number of aromatic hydroxyl groups is 1. The average Bonchev–Trinajstić information content (AvgIpc) is 2.76. The molecule has 2 aromatic rings. The number of nitrogens with zero attached hydrogens (tertiary/aromatic N) is 1. The summed E-state index contributed by atoms with van der Waals surface area (Å²) in [7, 11) is 1.27. The molecule has 2 heterocycles. The number of benzene rings is 1. The second kappa shape index (κ2) is 9.89. The van der Waals surface area contributed by atoms with E-state index in [0.717, 1.165) is 0 Å². The van der Waals surface area contributed by atoms with Crippen LogP contribution >= 0.6 is 11.6 Å². The Kier molecular flexibility index (Phi) is 7.25. The highest BCUT2D eigenvalue weighted by Crippen LogP contribution is 2.24. The number of hydrogen-bond acceptors (Lipinski definition) is 7. The van der Waals surface area contributed by atoms with E-state index in [0.29, 0.717) is 42.2 Å². The van der Waals surface area contributed by atoms with Crippen LogP contribution in [0.15, 0.2) is 36.5 Å². The lowest BCUT2D eigenvalue weighted by molar-refractivity contribution is -0.152. The lowest BCUT2D eigenvalue weighted by Crippen LogP contribution is -2.58. The molecule has 1 amide bonds. The third-order valence-corrected chi connectivity index (χ3v) is 5.40. The van der Waals surface area contributed by atoms with Gasteiger partial charge in [0.1, 0.15) is 22.8 Å². The molecule has 9 heteroatoms. The fourth-order valence-corrected chi connectivity index (χ4v) is 3.68. The van der Waals surface area contributed by atoms with Gasteiger partial charge in [0, 0.05) is 55.7 Å². The lowest BCUT2D eigenvalue weighted by Gasteiger charge is -2.34. The Morgan fingerprint density at radius 2 is 1.94 bits per heavy atom. The zero-order valence-corrected chi connectivity index (χ0v) is 17.8. The quantitative estimate of drug-likeness (QED) is 0.627. The smallest absolute Gasteiger partial charge is 0.331 e. The van der Waals surface area contributed by atoms with E-state index >= 15 is 0 Å². The number of carbonyl (C=O) groups excluding carboxylic acids is 3. The summed E-state index contributed by atoms with van der Waals surface area (Å²) in [5, 5.41) is 13.1. The van der Waals surface area contributed by atoms with Gasteiger partial charge in [0.2, 0.25) is 0 Å². The Hall–Kier alpha value is -2.97. The number of Topliss-reactive ketones (excluding diaryl/α,β-unsaturated/α-hetero) is 1. The van der Waals surface area contributed by atoms with E-state index in [1.54, 1.807) is 12.1 Å². The Bertz CT molecular complexity index is 988. The number of ketones is 1. The number of halogens is 1. The van der Waals surface area contributed by atoms with Crippen LogP contribution in [-0.2, 0) is 31.9 Å². The first kappa shape index (κ1) is 22.7. The van der Waals surface area contributed by atoms with Crippen LogP contribution in [0.25, 0.3) is 0 Å². The number of amides is 1. The first-order valence-corrected chi connectivity index (χ1v) is 10.1. The molecule has 1 aliphatic rings. The lowest BCUT2D eigenvalue weighted by atomic mass is 9.89. The highest BCUT2D eigenvalue weighted by atomic mass is 35.5. The van der Waals surface area contributed by atoms with E-state index in [1.807, 2.05) is 0 Å². The van der Waals surface area contributed by atoms with Crippen LogP contribution in [0.3, 0.4) is 0 Å². The fraction of sp³-hybridized carbons (Fsp3) is 0.364. The summed E-state index contributed by atoms with van der Waals surface area (Å²) in [6, 6.07) is 7.66. The molecule has 0 aliphatic carbocycles. The highest BCUT2D eigenvalue weighted by molar-refractivity contribution is 6.30. The zero-order chi connectivity index (χ0) is 22.4. The summed E-state index contributed by atoms with van der Waals surface area (Å²) < 4.78 is 10.2. The Morgan fingerprint density at radius 3 is 2.65 bits per heavy atom. The molecular weight excluding hydrogens is 424 g/mol. The van der Waals surface area contributed by atoms with Crippen molar-refractivity contribution in [3.05, 3.63) is 58.4 Å². The molecule has 0 radical (unpaired) electrons. The predicted octanol–water partition coefficient (Wildman–Crippen LogP) is 2.25. The minimum Gasteiger partial charge on any atom is -0.508 e. The molecule has 3 rings (SSSR count). The molecule has 2 N–H and O–H groups in total. The predicted molar refractivity (Wildman–Crippen MR) is 112 cm³/mol. The Balaban J connectivity index is 1.70. The largest absolute Gasteiger partial charge is 0.508 e. The zero-order valence-electron chi connectivity index (χ0n) is 17.0. The van der Waals surface area contributed by atoms with Crippen LogP contribution in [0.2, 0.25) is 5.02 Å². The van der Waals surface area contributed by atoms with Crippen molar-refractivity contribution in [1.29, 1.82) is 0 Å². The second-order valence-corrected chi connectivity index (χ2v) is 7.79. The maximum absolute atomic E-state index is 12.8. The molecule has 0 bridgehead atoms. The summed E-state index contributed by atoms with van der Waals surface area (Å²) in [6.45, 7) is 0.654. The van der Waals surface area contributed by atoms with Gasteiger partial charge in [-0.2, -0.15) is 0 Å². The van der Waals surface area contributed by atoms with Gasteiger partial charge < -0.3 is 19.9 Å². The SMILES string of the molecule is COC(=O)C1(NC(=O)c2cc(CC(=O)Cc3cc(Cl)ccc3O)ccn2)CCOCC1. The van der Waals surface area contributed by atoms with Gasteiger partial charge in [-0.05, 0) is 35.9 Å². The van der Waals surface area contributed by atoms with Crippen molar-refractivity contribution in [3.63, 3.8) is 0 Å². The van der Waals surface area contributed by atoms with Gasteiger partial charge in [-0.1, -0.05) is 11.6 Å². The monoisotopic (exact) mass is 446 g/mol. The van der Waals surface area contributed by atoms with Gasteiger partial charge in [-0.3, -0.25) is 14.6 Å². The summed E-state index contributed by atoms with van der Waals surface area (Å²) >= 11 is 5.92. The summed E-state index contributed by atoms with van der Waals surface area (Å²) in [4.78, 5) is 41.6. The van der Waals surface area contributed by atoms with Crippen molar-refractivity contribution in [2.45, 2.75) is 31.2 Å². The van der Waals surface area contributed by atoms with Crippen molar-refractivity contribution in [1.82, 2.24) is 10.3 Å². The first-order chi connectivity index (χ1) is 14.8. The average molecular weight is 447 g/mol. The van der Waals surface area contributed by atoms with E-state index in [4.69, 9.17) is 21.1 Å². The Morgan fingerprint density at radius 1 is 1.19 bits per heavy atom. The molecule has 0 unspecified atom stereocenters. The molecule has 31 heavy (non-hydrogen) atoms. The molecule has 1 aromatic carbocycles. The van der Waals surface area contributed by atoms with E-state index in [2.05, 4.69) is 10.3 Å². The van der Waals surface area contributed by atoms with Crippen LogP contribution in [0, 0.1) is 0 Å². The number of methoxy groups -OCH3 is 1. The molecule has 0 saturated carbocycles. The molecule has 1 aromatic heterocycles. The number of aromatic nitrogens is 1. The van der Waals surface area contributed by atoms with Crippen molar-refractivity contribution in [2.75, 3.05) is 20.3 Å². The molecule has 1 fully saturated rings. The van der Waals surface area contributed by atoms with Crippen molar-refractivity contribution >= 4 is 29.3 Å². The van der Waals surface area contributed by atoms with Gasteiger partial charge in [-0.25, -0.2) is 4.79 Å². The highest BCUT2D eigenvalue weighted by Gasteiger charge is 2.43. The summed E-state index contributed by atoms with van der Waals surface area (Å²) in [5.74, 6) is -1.23. The molecule has 8 nitrogen and oxygen atoms in total. The van der Waals surface area contributed by atoms with E-state index in [-0.39, 0.29) is 30.1 Å². The van der Waals surface area contributed by atoms with E-state index < -0.39 is 17.4 Å². The molecule has 164 valence electrons. The number of nitrogens with one attached hydrogen (secondary N) is 1. The van der Waals surface area contributed by atoms with Crippen molar-refractivity contribution in [3.8, 4) is 5.75 Å². The van der Waals surface area contributed by atoms with E-state index in [1.165, 1.54) is 31.5 Å². The minimum absolute atomic E-state index is 0.00168. The second-order valence-electron chi connectivity index (χ2n) is 7.35. The van der Waals surface area contributed by atoms with Gasteiger partial charge in [-0.15, -0.1) is 0 Å². The number of hydrogen-bond donors (Lipinski definition) is 2. The van der Waals surface area contributed by atoms with Crippen LogP contribution in [-0.4, -0.2) is 53.6 Å². The third-order valence-electron chi connectivity index (χ3n) is 5.16. The number of carbonyl (C=O) groups is 3. The molecular formula is C22H23ClN2O6. The van der Waals surface area contributed by atoms with Crippen LogP contribution in [0.1, 0.15) is 34.5 Å². The van der Waals surface area contributed by atoms with Crippen LogP contribution in [0.5, 0.6) is 5.75 Å². The van der Waals surface area contributed by atoms with Crippen LogP contribution in [0.4, 0.5) is 0 Å². The van der Waals surface area contributed by atoms with Gasteiger partial charge >= 0.3 is 5.97 Å². The number of ether oxygens (including phenoxy) is 2. The van der Waals surface area contributed by atoms with Crippen molar-refractivity contribution in [2.24, 2.45) is 0 Å². The Labute approximate surface area is 184 Å². The third kappa shape index (κ3) is 5.59. The number of pyridine rings is 1. The standard InChI is InChI=1S/C22H23ClN2O6/c1-30-21(29)22(5-8-31-9-6-22)25-20(28)18-11-14(4-7-24-18)10-17(26)13-15-12-16(23)2-3-19(15)27/h2-4,7,11-12,27H,5-6,8-10,13H2,1H3,(H,25,28). The summed E-state index contributed by atoms with van der Waals surface area (Å²) in [6.07, 6.45) is 2.08. The number of esters is 1. The van der Waals surface area contributed by atoms with E-state index in [9.17, 15) is 19.5 Å². The van der Waals surface area contributed by atoms with Crippen molar-refractivity contribution < 1.29 is 29.0 Å². The fourth-order valence-electron chi connectivity index (χ4n) is 3.48. The molecule has 0 atom stereocenters.